The molecule has 0 radical (unpaired) electrons. The lowest BCUT2D eigenvalue weighted by molar-refractivity contribution is -0.109. The molecule has 0 amide bonds. The van der Waals surface area contributed by atoms with Gasteiger partial charge in [0.2, 0.25) is 6.29 Å². The van der Waals surface area contributed by atoms with Crippen molar-refractivity contribution in [1.29, 1.82) is 0 Å². The normalized spacial score (nSPS) is 19.7. The summed E-state index contributed by atoms with van der Waals surface area (Å²) in [6, 6.07) is 21.0. The quantitative estimate of drug-likeness (QED) is 0.512. The summed E-state index contributed by atoms with van der Waals surface area (Å²) in [6.45, 7) is 7.14. The summed E-state index contributed by atoms with van der Waals surface area (Å²) in [5, 5.41) is 2.36. The van der Waals surface area contributed by atoms with Crippen LogP contribution in [0.2, 0.25) is 5.04 Å². The summed E-state index contributed by atoms with van der Waals surface area (Å²) in [4.78, 5) is 11.3. The highest BCUT2D eigenvalue weighted by molar-refractivity contribution is 8.00. The van der Waals surface area contributed by atoms with Crippen molar-refractivity contribution in [1.82, 2.24) is 0 Å². The Morgan fingerprint density at radius 1 is 1.07 bits per heavy atom. The number of hydrogen-bond acceptors (Lipinski definition) is 6. The Morgan fingerprint density at radius 3 is 2.10 bits per heavy atom. The zero-order valence-electron chi connectivity index (χ0n) is 17.3. The fourth-order valence-electron chi connectivity index (χ4n) is 3.69. The molecule has 1 aliphatic rings. The molecule has 0 spiro atoms. The van der Waals surface area contributed by atoms with Crippen molar-refractivity contribution in [2.24, 2.45) is 0 Å². The number of thioether (sulfide) groups is 1. The van der Waals surface area contributed by atoms with E-state index in [1.54, 1.807) is 11.8 Å². The van der Waals surface area contributed by atoms with Gasteiger partial charge in [0, 0.05) is 0 Å². The predicted octanol–water partition coefficient (Wildman–Crippen LogP) is 3.76. The van der Waals surface area contributed by atoms with E-state index in [0.29, 0.717) is 12.4 Å². The van der Waals surface area contributed by atoms with Gasteiger partial charge in [-0.2, -0.15) is 0 Å². The van der Waals surface area contributed by atoms with E-state index in [9.17, 15) is 4.79 Å². The van der Waals surface area contributed by atoms with Gasteiger partial charge in [-0.1, -0.05) is 81.4 Å². The molecular formula is C22H28O5SSi. The summed E-state index contributed by atoms with van der Waals surface area (Å²) in [5.74, 6) is 0.559. The van der Waals surface area contributed by atoms with E-state index in [1.807, 2.05) is 12.1 Å². The third kappa shape index (κ3) is 4.86. The van der Waals surface area contributed by atoms with Gasteiger partial charge in [0.05, 0.1) is 19.5 Å². The van der Waals surface area contributed by atoms with Gasteiger partial charge in [0.15, 0.2) is 0 Å². The van der Waals surface area contributed by atoms with E-state index in [2.05, 4.69) is 74.0 Å². The number of benzene rings is 2. The Hall–Kier alpha value is -1.80. The van der Waals surface area contributed by atoms with E-state index < -0.39 is 20.8 Å². The molecular weight excluding hydrogens is 404 g/mol. The molecule has 156 valence electrons. The van der Waals surface area contributed by atoms with Crippen LogP contribution in [-0.4, -0.2) is 45.7 Å². The van der Waals surface area contributed by atoms with Crippen LogP contribution in [0, 0.1) is 0 Å². The monoisotopic (exact) mass is 432 g/mol. The summed E-state index contributed by atoms with van der Waals surface area (Å²) in [5.41, 5.74) is -0.202. The zero-order chi connectivity index (χ0) is 20.9. The van der Waals surface area contributed by atoms with E-state index in [1.165, 1.54) is 17.5 Å². The molecule has 1 saturated heterocycles. The van der Waals surface area contributed by atoms with Crippen LogP contribution < -0.4 is 10.4 Å². The number of ether oxygens (including phenoxy) is 3. The molecule has 1 heterocycles. The van der Waals surface area contributed by atoms with Crippen LogP contribution in [0.4, 0.5) is 4.79 Å². The van der Waals surface area contributed by atoms with Crippen LogP contribution in [0.1, 0.15) is 20.8 Å². The second-order valence-corrected chi connectivity index (χ2v) is 13.4. The summed E-state index contributed by atoms with van der Waals surface area (Å²) in [6.07, 6.45) is -1.34. The molecule has 29 heavy (non-hydrogen) atoms. The Balaban J connectivity index is 1.86. The van der Waals surface area contributed by atoms with E-state index in [-0.39, 0.29) is 10.5 Å². The van der Waals surface area contributed by atoms with Crippen molar-refractivity contribution in [2.45, 2.75) is 37.5 Å². The lowest BCUT2D eigenvalue weighted by Crippen LogP contribution is -2.67. The fraction of sp³-hybridized carbons (Fsp3) is 0.409. The first-order chi connectivity index (χ1) is 13.9. The minimum atomic E-state index is -2.60. The summed E-state index contributed by atoms with van der Waals surface area (Å²) < 4.78 is 22.4. The van der Waals surface area contributed by atoms with Crippen molar-refractivity contribution in [3.8, 4) is 0 Å². The first-order valence-electron chi connectivity index (χ1n) is 9.63. The van der Waals surface area contributed by atoms with Crippen LogP contribution in [0.5, 0.6) is 0 Å². The van der Waals surface area contributed by atoms with Crippen molar-refractivity contribution in [3.63, 3.8) is 0 Å². The molecule has 0 N–H and O–H groups in total. The SMILES string of the molecule is COC(=O)OC1CSC(CO[Si](c2ccccc2)(c2ccccc2)C(C)(C)C)O1. The van der Waals surface area contributed by atoms with Gasteiger partial charge in [-0.05, 0) is 15.4 Å². The first kappa shape index (κ1) is 21.9. The van der Waals surface area contributed by atoms with E-state index in [4.69, 9.17) is 13.9 Å². The zero-order valence-corrected chi connectivity index (χ0v) is 19.1. The van der Waals surface area contributed by atoms with Gasteiger partial charge in [0.1, 0.15) is 5.44 Å². The molecule has 2 aromatic carbocycles. The molecule has 0 aliphatic carbocycles. The molecule has 2 unspecified atom stereocenters. The van der Waals surface area contributed by atoms with Crippen molar-refractivity contribution in [2.75, 3.05) is 19.5 Å². The smallest absolute Gasteiger partial charge is 0.438 e. The summed E-state index contributed by atoms with van der Waals surface area (Å²) >= 11 is 1.59. The third-order valence-corrected chi connectivity index (χ3v) is 11.1. The number of carbonyl (C=O) groups excluding carboxylic acids is 1. The van der Waals surface area contributed by atoms with Crippen molar-refractivity contribution in [3.05, 3.63) is 60.7 Å². The Labute approximate surface area is 177 Å². The number of methoxy groups -OCH3 is 1. The van der Waals surface area contributed by atoms with Gasteiger partial charge < -0.3 is 18.6 Å². The first-order valence-corrected chi connectivity index (χ1v) is 12.6. The standard InChI is InChI=1S/C22H28O5SSi/c1-22(2,3)29(17-11-7-5-8-12-17,18-13-9-6-10-14-18)25-15-20-26-19(16-28-20)27-21(23)24-4/h5-14,19-20H,15-16H2,1-4H3. The van der Waals surface area contributed by atoms with Crippen LogP contribution >= 0.6 is 11.8 Å². The molecule has 1 fully saturated rings. The van der Waals surface area contributed by atoms with Crippen LogP contribution in [0.3, 0.4) is 0 Å². The van der Waals surface area contributed by atoms with Gasteiger partial charge in [-0.25, -0.2) is 4.79 Å². The number of rotatable bonds is 6. The van der Waals surface area contributed by atoms with Crippen molar-refractivity contribution >= 4 is 36.6 Å². The van der Waals surface area contributed by atoms with Gasteiger partial charge in [-0.15, -0.1) is 11.8 Å². The highest BCUT2D eigenvalue weighted by atomic mass is 32.2. The third-order valence-electron chi connectivity index (χ3n) is 4.97. The molecule has 7 heteroatoms. The van der Waals surface area contributed by atoms with Gasteiger partial charge in [-0.3, -0.25) is 0 Å². The van der Waals surface area contributed by atoms with Crippen LogP contribution in [-0.2, 0) is 18.6 Å². The highest BCUT2D eigenvalue weighted by Crippen LogP contribution is 2.38. The van der Waals surface area contributed by atoms with E-state index >= 15 is 0 Å². The maximum absolute atomic E-state index is 11.3. The lowest BCUT2D eigenvalue weighted by Gasteiger charge is -2.43. The Morgan fingerprint density at radius 2 is 1.62 bits per heavy atom. The average Bonchev–Trinajstić information content (AvgIpc) is 3.16. The topological polar surface area (TPSA) is 54.0 Å². The molecule has 1 aliphatic heterocycles. The van der Waals surface area contributed by atoms with Crippen LogP contribution in [0.15, 0.2) is 60.7 Å². The Kier molecular flexibility index (Phi) is 7.05. The minimum Gasteiger partial charge on any atom is -0.438 e. The molecule has 0 aromatic heterocycles. The van der Waals surface area contributed by atoms with Gasteiger partial charge in [0.25, 0.3) is 8.32 Å². The summed E-state index contributed by atoms with van der Waals surface area (Å²) in [7, 11) is -1.32. The largest absolute Gasteiger partial charge is 0.510 e. The number of hydrogen-bond donors (Lipinski definition) is 0. The Bertz CT molecular complexity index is 754. The second-order valence-electron chi connectivity index (χ2n) is 7.87. The lowest BCUT2D eigenvalue weighted by atomic mass is 10.2. The molecule has 0 bridgehead atoms. The predicted molar refractivity (Wildman–Crippen MR) is 118 cm³/mol. The van der Waals surface area contributed by atoms with Crippen LogP contribution in [0.25, 0.3) is 0 Å². The fourth-order valence-corrected chi connectivity index (χ4v) is 9.26. The molecule has 0 saturated carbocycles. The molecule has 2 atom stereocenters. The molecule has 2 aromatic rings. The van der Waals surface area contributed by atoms with E-state index in [0.717, 1.165) is 0 Å². The minimum absolute atomic E-state index is 0.0963. The highest BCUT2D eigenvalue weighted by Gasteiger charge is 2.50. The number of carbonyl (C=O) groups is 1. The van der Waals surface area contributed by atoms with Crippen molar-refractivity contribution < 1.29 is 23.4 Å². The van der Waals surface area contributed by atoms with Gasteiger partial charge >= 0.3 is 6.16 Å². The molecule has 5 nitrogen and oxygen atoms in total. The molecule has 3 rings (SSSR count). The average molecular weight is 433 g/mol. The second kappa shape index (κ2) is 9.34. The maximum Gasteiger partial charge on any atom is 0.510 e. The maximum atomic E-state index is 11.3.